The van der Waals surface area contributed by atoms with Crippen molar-refractivity contribution in [3.8, 4) is 17.3 Å². The first-order chi connectivity index (χ1) is 15.9. The minimum absolute atomic E-state index is 0.106. The minimum atomic E-state index is -0.529. The van der Waals surface area contributed by atoms with Crippen LogP contribution in [0.5, 0.6) is 11.6 Å². The largest absolute Gasteiger partial charge is 0.439 e. The molecule has 1 N–H and O–H groups in total. The molecule has 1 fully saturated rings. The van der Waals surface area contributed by atoms with Gasteiger partial charge in [-0.3, -0.25) is 4.90 Å². The van der Waals surface area contributed by atoms with Crippen molar-refractivity contribution in [1.29, 1.82) is 0 Å². The molecule has 1 aliphatic carbocycles. The molecule has 4 rings (SSSR count). The van der Waals surface area contributed by atoms with E-state index in [-0.39, 0.29) is 6.10 Å². The molecular weight excluding hydrogens is 414 g/mol. The average molecular weight is 450 g/mol. The summed E-state index contributed by atoms with van der Waals surface area (Å²) in [6, 6.07) is 18.6. The number of aryl methyl sites for hydroxylation is 2. The van der Waals surface area contributed by atoms with Crippen LogP contribution in [-0.4, -0.2) is 51.2 Å². The molecule has 0 spiro atoms. The second-order valence-corrected chi connectivity index (χ2v) is 9.23. The number of ether oxygens (including phenoxy) is 2. The Morgan fingerprint density at radius 2 is 1.85 bits per heavy atom. The van der Waals surface area contributed by atoms with Crippen molar-refractivity contribution < 1.29 is 14.6 Å². The van der Waals surface area contributed by atoms with E-state index in [9.17, 15) is 5.11 Å². The Labute approximate surface area is 196 Å². The average Bonchev–Trinajstić information content (AvgIpc) is 3.59. The zero-order valence-corrected chi connectivity index (χ0v) is 20.1. The SMILES string of the molecule is Cc1cccc(Oc2c(CN(C[C@H](O)COC(C)C)C3CC3)c(C)nn2-c2ccccc2)c1. The number of aliphatic hydroxyl groups excluding tert-OH is 1. The Bertz CT molecular complexity index is 1040. The summed E-state index contributed by atoms with van der Waals surface area (Å²) < 4.78 is 14.0. The maximum Gasteiger partial charge on any atom is 0.227 e. The Morgan fingerprint density at radius 1 is 1.09 bits per heavy atom. The summed E-state index contributed by atoms with van der Waals surface area (Å²) >= 11 is 0. The van der Waals surface area contributed by atoms with Crippen LogP contribution >= 0.6 is 0 Å². The molecule has 176 valence electrons. The van der Waals surface area contributed by atoms with Crippen molar-refractivity contribution in [2.45, 2.75) is 65.3 Å². The lowest BCUT2D eigenvalue weighted by Gasteiger charge is -2.25. The summed E-state index contributed by atoms with van der Waals surface area (Å²) in [7, 11) is 0. The van der Waals surface area contributed by atoms with Gasteiger partial charge in [-0.1, -0.05) is 30.3 Å². The lowest BCUT2D eigenvalue weighted by Crippen LogP contribution is -2.36. The molecule has 0 amide bonds. The smallest absolute Gasteiger partial charge is 0.227 e. The van der Waals surface area contributed by atoms with E-state index in [1.807, 2.05) is 74.0 Å². The lowest BCUT2D eigenvalue weighted by atomic mass is 10.2. The van der Waals surface area contributed by atoms with Crippen LogP contribution in [0.1, 0.15) is 43.5 Å². The summed E-state index contributed by atoms with van der Waals surface area (Å²) in [5.41, 5.74) is 4.08. The van der Waals surface area contributed by atoms with Crippen molar-refractivity contribution in [2.24, 2.45) is 0 Å². The molecule has 6 nitrogen and oxygen atoms in total. The molecule has 1 aromatic heterocycles. The topological polar surface area (TPSA) is 59.8 Å². The standard InChI is InChI=1S/C27H35N3O3/c1-19(2)32-18-24(31)16-29(22-13-14-22)17-26-21(4)28-30(23-10-6-5-7-11-23)27(26)33-25-12-8-9-20(3)15-25/h5-12,15,19,22,24,31H,13-14,16-18H2,1-4H3/t24-/m0/s1. The fourth-order valence-corrected chi connectivity index (χ4v) is 3.97. The molecule has 1 heterocycles. The van der Waals surface area contributed by atoms with Crippen LogP contribution < -0.4 is 4.74 Å². The van der Waals surface area contributed by atoms with Gasteiger partial charge in [-0.15, -0.1) is 0 Å². The third-order valence-electron chi connectivity index (χ3n) is 5.83. The number of rotatable bonds is 11. The van der Waals surface area contributed by atoms with Gasteiger partial charge < -0.3 is 14.6 Å². The molecule has 6 heteroatoms. The molecule has 0 bridgehead atoms. The highest BCUT2D eigenvalue weighted by atomic mass is 16.5. The molecule has 3 aromatic rings. The Morgan fingerprint density at radius 3 is 2.52 bits per heavy atom. The van der Waals surface area contributed by atoms with Gasteiger partial charge in [0.25, 0.3) is 0 Å². The van der Waals surface area contributed by atoms with E-state index in [4.69, 9.17) is 14.6 Å². The quantitative estimate of drug-likeness (QED) is 0.445. The highest BCUT2D eigenvalue weighted by Gasteiger charge is 2.32. The Balaban J connectivity index is 1.64. The summed E-state index contributed by atoms with van der Waals surface area (Å²) in [5.74, 6) is 1.51. The van der Waals surface area contributed by atoms with Gasteiger partial charge in [0.2, 0.25) is 5.88 Å². The van der Waals surface area contributed by atoms with Crippen LogP contribution in [0.25, 0.3) is 5.69 Å². The van der Waals surface area contributed by atoms with Crippen molar-refractivity contribution in [2.75, 3.05) is 13.2 Å². The molecule has 0 aliphatic heterocycles. The summed E-state index contributed by atoms with van der Waals surface area (Å²) in [6.07, 6.45) is 1.88. The molecule has 2 aromatic carbocycles. The predicted molar refractivity (Wildman–Crippen MR) is 130 cm³/mol. The molecular formula is C27H35N3O3. The van der Waals surface area contributed by atoms with Gasteiger partial charge in [-0.05, 0) is 70.4 Å². The fourth-order valence-electron chi connectivity index (χ4n) is 3.97. The van der Waals surface area contributed by atoms with E-state index in [1.165, 1.54) is 0 Å². The highest BCUT2D eigenvalue weighted by molar-refractivity contribution is 5.43. The number of hydrogen-bond acceptors (Lipinski definition) is 5. The normalized spacial score (nSPS) is 14.8. The zero-order chi connectivity index (χ0) is 23.4. The van der Waals surface area contributed by atoms with E-state index < -0.39 is 6.10 Å². The van der Waals surface area contributed by atoms with Gasteiger partial charge in [-0.25, -0.2) is 4.68 Å². The van der Waals surface area contributed by atoms with Crippen LogP contribution in [-0.2, 0) is 11.3 Å². The molecule has 0 radical (unpaired) electrons. The third kappa shape index (κ3) is 6.22. The Hall–Kier alpha value is -2.67. The van der Waals surface area contributed by atoms with Gasteiger partial charge in [0, 0.05) is 19.1 Å². The fraction of sp³-hybridized carbons (Fsp3) is 0.444. The van der Waals surface area contributed by atoms with Crippen molar-refractivity contribution in [1.82, 2.24) is 14.7 Å². The number of para-hydroxylation sites is 1. The van der Waals surface area contributed by atoms with E-state index in [2.05, 4.69) is 17.9 Å². The van der Waals surface area contributed by atoms with Crippen molar-refractivity contribution in [3.63, 3.8) is 0 Å². The van der Waals surface area contributed by atoms with Crippen LogP contribution in [0, 0.1) is 13.8 Å². The van der Waals surface area contributed by atoms with Crippen LogP contribution in [0.3, 0.4) is 0 Å². The van der Waals surface area contributed by atoms with Crippen molar-refractivity contribution in [3.05, 3.63) is 71.4 Å². The predicted octanol–water partition coefficient (Wildman–Crippen LogP) is 5.03. The van der Waals surface area contributed by atoms with Gasteiger partial charge in [0.05, 0.1) is 35.8 Å². The maximum absolute atomic E-state index is 10.6. The molecule has 33 heavy (non-hydrogen) atoms. The molecule has 0 saturated heterocycles. The Kier molecular flexibility index (Phi) is 7.48. The van der Waals surface area contributed by atoms with E-state index >= 15 is 0 Å². The molecule has 0 unspecified atom stereocenters. The number of benzene rings is 2. The maximum atomic E-state index is 10.6. The molecule has 1 atom stereocenters. The number of aliphatic hydroxyl groups is 1. The van der Waals surface area contributed by atoms with Gasteiger partial charge in [0.1, 0.15) is 5.75 Å². The van der Waals surface area contributed by atoms with Gasteiger partial charge in [-0.2, -0.15) is 5.10 Å². The second kappa shape index (κ2) is 10.5. The summed E-state index contributed by atoms with van der Waals surface area (Å²) in [4.78, 5) is 2.34. The molecule has 1 saturated carbocycles. The van der Waals surface area contributed by atoms with E-state index in [0.717, 1.165) is 47.0 Å². The van der Waals surface area contributed by atoms with E-state index in [1.54, 1.807) is 0 Å². The summed E-state index contributed by atoms with van der Waals surface area (Å²) in [6.45, 7) is 9.64. The van der Waals surface area contributed by atoms with E-state index in [0.29, 0.717) is 25.7 Å². The first-order valence-electron chi connectivity index (χ1n) is 11.8. The highest BCUT2D eigenvalue weighted by Crippen LogP contribution is 2.35. The summed E-state index contributed by atoms with van der Waals surface area (Å²) in [5, 5.41) is 15.4. The molecule has 1 aliphatic rings. The zero-order valence-electron chi connectivity index (χ0n) is 20.1. The number of hydrogen-bond donors (Lipinski definition) is 1. The van der Waals surface area contributed by atoms with Gasteiger partial charge in [0.15, 0.2) is 0 Å². The monoisotopic (exact) mass is 449 g/mol. The second-order valence-electron chi connectivity index (χ2n) is 9.23. The van der Waals surface area contributed by atoms with Gasteiger partial charge >= 0.3 is 0 Å². The lowest BCUT2D eigenvalue weighted by molar-refractivity contribution is -0.0107. The van der Waals surface area contributed by atoms with Crippen LogP contribution in [0.15, 0.2) is 54.6 Å². The number of aromatic nitrogens is 2. The van der Waals surface area contributed by atoms with Crippen molar-refractivity contribution >= 4 is 0 Å². The van der Waals surface area contributed by atoms with Crippen LogP contribution in [0.2, 0.25) is 0 Å². The van der Waals surface area contributed by atoms with Crippen LogP contribution in [0.4, 0.5) is 0 Å². The first kappa shape index (κ1) is 23.5. The third-order valence-corrected chi connectivity index (χ3v) is 5.83. The minimum Gasteiger partial charge on any atom is -0.439 e. The first-order valence-corrected chi connectivity index (χ1v) is 11.8. The number of nitrogens with zero attached hydrogens (tertiary/aromatic N) is 3.